The van der Waals surface area contributed by atoms with Crippen molar-refractivity contribution in [1.29, 1.82) is 0 Å². The van der Waals surface area contributed by atoms with E-state index in [1.165, 1.54) is 17.7 Å². The van der Waals surface area contributed by atoms with Gasteiger partial charge in [-0.1, -0.05) is 36.4 Å². The van der Waals surface area contributed by atoms with Crippen molar-refractivity contribution >= 4 is 28.1 Å². The first kappa shape index (κ1) is 19.4. The van der Waals surface area contributed by atoms with E-state index in [1.54, 1.807) is 17.4 Å². The lowest BCUT2D eigenvalue weighted by Gasteiger charge is -2.16. The molecule has 3 nitrogen and oxygen atoms in total. The first-order valence-electron chi connectivity index (χ1n) is 9.76. The Labute approximate surface area is 173 Å². The molecule has 0 saturated heterocycles. The number of carbonyl (C=O) groups excluding carboxylic acids is 1. The molecule has 1 atom stereocenters. The third kappa shape index (κ3) is 4.57. The molecule has 2 heterocycles. The summed E-state index contributed by atoms with van der Waals surface area (Å²) in [5, 5.41) is 5.91. The Kier molecular flexibility index (Phi) is 5.76. The minimum atomic E-state index is -0.272. The van der Waals surface area contributed by atoms with Gasteiger partial charge in [-0.15, -0.1) is 11.3 Å². The van der Waals surface area contributed by atoms with Crippen LogP contribution in [0.15, 0.2) is 72.1 Å². The summed E-state index contributed by atoms with van der Waals surface area (Å²) in [7, 11) is 0. The highest BCUT2D eigenvalue weighted by molar-refractivity contribution is 7.13. The van der Waals surface area contributed by atoms with E-state index < -0.39 is 0 Å². The SMILES string of the molecule is C[C@@H](CCc1ccccc1)NC(=O)Cn1c(-c2cccs2)cc2cc(F)ccc21. The van der Waals surface area contributed by atoms with Gasteiger partial charge >= 0.3 is 0 Å². The maximum atomic E-state index is 13.7. The number of nitrogens with zero attached hydrogens (tertiary/aromatic N) is 1. The van der Waals surface area contributed by atoms with Gasteiger partial charge in [0, 0.05) is 16.9 Å². The molecule has 4 aromatic rings. The van der Waals surface area contributed by atoms with E-state index in [0.717, 1.165) is 34.3 Å². The van der Waals surface area contributed by atoms with Crippen LogP contribution in [0.1, 0.15) is 18.9 Å². The van der Waals surface area contributed by atoms with Gasteiger partial charge in [0.25, 0.3) is 0 Å². The van der Waals surface area contributed by atoms with Crippen molar-refractivity contribution in [3.63, 3.8) is 0 Å². The molecule has 0 spiro atoms. The van der Waals surface area contributed by atoms with Crippen molar-refractivity contribution in [1.82, 2.24) is 9.88 Å². The largest absolute Gasteiger partial charge is 0.352 e. The standard InChI is InChI=1S/C24H23FN2OS/c1-17(9-10-18-6-3-2-4-7-18)26-24(28)16-27-21-12-11-20(25)14-19(21)15-22(27)23-8-5-13-29-23/h2-8,11-15,17H,9-10,16H2,1H3,(H,26,28)/t17-/m0/s1. The van der Waals surface area contributed by atoms with Crippen LogP contribution in [-0.2, 0) is 17.8 Å². The lowest BCUT2D eigenvalue weighted by Crippen LogP contribution is -2.35. The van der Waals surface area contributed by atoms with E-state index in [2.05, 4.69) is 17.4 Å². The number of aryl methyl sites for hydroxylation is 1. The Hall–Kier alpha value is -2.92. The molecule has 0 aliphatic rings. The smallest absolute Gasteiger partial charge is 0.240 e. The fourth-order valence-corrected chi connectivity index (χ4v) is 4.36. The zero-order valence-corrected chi connectivity index (χ0v) is 17.1. The molecule has 29 heavy (non-hydrogen) atoms. The Morgan fingerprint density at radius 3 is 2.69 bits per heavy atom. The van der Waals surface area contributed by atoms with E-state index in [-0.39, 0.29) is 24.3 Å². The predicted molar refractivity (Wildman–Crippen MR) is 118 cm³/mol. The van der Waals surface area contributed by atoms with Crippen molar-refractivity contribution in [2.45, 2.75) is 32.4 Å². The summed E-state index contributed by atoms with van der Waals surface area (Å²) < 4.78 is 15.7. The molecule has 0 aliphatic heterocycles. The summed E-state index contributed by atoms with van der Waals surface area (Å²) in [6.07, 6.45) is 1.81. The van der Waals surface area contributed by atoms with Crippen molar-refractivity contribution in [2.24, 2.45) is 0 Å². The molecule has 1 N–H and O–H groups in total. The Morgan fingerprint density at radius 2 is 1.93 bits per heavy atom. The van der Waals surface area contributed by atoms with Gasteiger partial charge in [0.2, 0.25) is 5.91 Å². The van der Waals surface area contributed by atoms with Crippen molar-refractivity contribution in [3.8, 4) is 10.6 Å². The fourth-order valence-electron chi connectivity index (χ4n) is 3.60. The molecule has 0 saturated carbocycles. The lowest BCUT2D eigenvalue weighted by molar-refractivity contribution is -0.122. The van der Waals surface area contributed by atoms with Crippen LogP contribution < -0.4 is 5.32 Å². The molecule has 2 aromatic heterocycles. The maximum absolute atomic E-state index is 13.7. The number of amides is 1. The third-order valence-corrected chi connectivity index (χ3v) is 5.95. The van der Waals surface area contributed by atoms with Crippen molar-refractivity contribution < 1.29 is 9.18 Å². The molecule has 148 valence electrons. The number of carbonyl (C=O) groups is 1. The van der Waals surface area contributed by atoms with Crippen molar-refractivity contribution in [2.75, 3.05) is 0 Å². The highest BCUT2D eigenvalue weighted by Gasteiger charge is 2.16. The average molecular weight is 407 g/mol. The topological polar surface area (TPSA) is 34.0 Å². The zero-order valence-electron chi connectivity index (χ0n) is 16.3. The number of aromatic nitrogens is 1. The predicted octanol–water partition coefficient (Wildman–Crippen LogP) is 5.65. The summed E-state index contributed by atoms with van der Waals surface area (Å²) >= 11 is 1.61. The second-order valence-corrected chi connectivity index (χ2v) is 8.24. The molecular formula is C24H23FN2OS. The lowest BCUT2D eigenvalue weighted by atomic mass is 10.1. The summed E-state index contributed by atoms with van der Waals surface area (Å²) in [6.45, 7) is 2.24. The molecule has 4 rings (SSSR count). The number of nitrogens with one attached hydrogen (secondary N) is 1. The number of hydrogen-bond acceptors (Lipinski definition) is 2. The number of fused-ring (bicyclic) bond motifs is 1. The maximum Gasteiger partial charge on any atom is 0.240 e. The summed E-state index contributed by atoms with van der Waals surface area (Å²) in [4.78, 5) is 13.8. The van der Waals surface area contributed by atoms with E-state index in [0.29, 0.717) is 0 Å². The van der Waals surface area contributed by atoms with Gasteiger partial charge < -0.3 is 9.88 Å². The summed E-state index contributed by atoms with van der Waals surface area (Å²) in [5.41, 5.74) is 3.07. The monoisotopic (exact) mass is 406 g/mol. The average Bonchev–Trinajstić information content (AvgIpc) is 3.35. The second-order valence-electron chi connectivity index (χ2n) is 7.29. The van der Waals surface area contributed by atoms with Crippen LogP contribution >= 0.6 is 11.3 Å². The van der Waals surface area contributed by atoms with E-state index in [4.69, 9.17) is 0 Å². The van der Waals surface area contributed by atoms with Gasteiger partial charge in [0.15, 0.2) is 0 Å². The van der Waals surface area contributed by atoms with Gasteiger partial charge in [-0.25, -0.2) is 4.39 Å². The van der Waals surface area contributed by atoms with Crippen LogP contribution in [-0.4, -0.2) is 16.5 Å². The molecule has 0 fully saturated rings. The van der Waals surface area contributed by atoms with Gasteiger partial charge in [0.05, 0.1) is 10.6 Å². The molecule has 0 unspecified atom stereocenters. The molecule has 0 bridgehead atoms. The minimum Gasteiger partial charge on any atom is -0.352 e. The highest BCUT2D eigenvalue weighted by atomic mass is 32.1. The van der Waals surface area contributed by atoms with Gasteiger partial charge in [-0.2, -0.15) is 0 Å². The van der Waals surface area contributed by atoms with Crippen LogP contribution in [0.25, 0.3) is 21.5 Å². The zero-order chi connectivity index (χ0) is 20.2. The van der Waals surface area contributed by atoms with Crippen LogP contribution in [0.3, 0.4) is 0 Å². The van der Waals surface area contributed by atoms with Crippen LogP contribution in [0.2, 0.25) is 0 Å². The number of halogens is 1. The first-order chi connectivity index (χ1) is 14.1. The van der Waals surface area contributed by atoms with Gasteiger partial charge in [-0.3, -0.25) is 4.79 Å². The number of rotatable bonds is 7. The number of thiophene rings is 1. The fraction of sp³-hybridized carbons (Fsp3) is 0.208. The molecule has 0 radical (unpaired) electrons. The van der Waals surface area contributed by atoms with Gasteiger partial charge in [0.1, 0.15) is 12.4 Å². The molecule has 0 aliphatic carbocycles. The Bertz CT molecular complexity index is 1100. The van der Waals surface area contributed by atoms with E-state index in [1.807, 2.05) is 53.3 Å². The summed E-state index contributed by atoms with van der Waals surface area (Å²) in [5.74, 6) is -0.309. The number of hydrogen-bond donors (Lipinski definition) is 1. The first-order valence-corrected chi connectivity index (χ1v) is 10.6. The van der Waals surface area contributed by atoms with Crippen LogP contribution in [0.5, 0.6) is 0 Å². The third-order valence-electron chi connectivity index (χ3n) is 5.05. The van der Waals surface area contributed by atoms with E-state index >= 15 is 0 Å². The highest BCUT2D eigenvalue weighted by Crippen LogP contribution is 2.31. The van der Waals surface area contributed by atoms with Crippen molar-refractivity contribution in [3.05, 3.63) is 83.5 Å². The quantitative estimate of drug-likeness (QED) is 0.423. The second kappa shape index (κ2) is 8.62. The minimum absolute atomic E-state index is 0.0369. The summed E-state index contributed by atoms with van der Waals surface area (Å²) in [6, 6.07) is 21.0. The molecular weight excluding hydrogens is 383 g/mol. The number of benzene rings is 2. The Balaban J connectivity index is 1.49. The Morgan fingerprint density at radius 1 is 1.10 bits per heavy atom. The molecule has 5 heteroatoms. The van der Waals surface area contributed by atoms with Crippen LogP contribution in [0, 0.1) is 5.82 Å². The van der Waals surface area contributed by atoms with Gasteiger partial charge in [-0.05, 0) is 61.0 Å². The normalized spacial score (nSPS) is 12.2. The van der Waals surface area contributed by atoms with Crippen LogP contribution in [0.4, 0.5) is 4.39 Å². The van der Waals surface area contributed by atoms with E-state index in [9.17, 15) is 9.18 Å². The molecule has 1 amide bonds. The molecule has 2 aromatic carbocycles.